The van der Waals surface area contributed by atoms with Gasteiger partial charge in [0, 0.05) is 23.5 Å². The standard InChI is InChI=1S/C12H9N3S/c1-15-4-3-9-11(15)5-8(6-13)10(7-14)12(9)16-2/h3-5H,1-2H3. The zero-order valence-corrected chi connectivity index (χ0v) is 9.80. The van der Waals surface area contributed by atoms with Crippen molar-refractivity contribution in [3.8, 4) is 12.1 Å². The van der Waals surface area contributed by atoms with Crippen LogP contribution in [0.15, 0.2) is 23.2 Å². The maximum absolute atomic E-state index is 9.11. The fraction of sp³-hybridized carbons (Fsp3) is 0.167. The van der Waals surface area contributed by atoms with E-state index in [0.29, 0.717) is 11.1 Å². The normalized spacial score (nSPS) is 10.0. The summed E-state index contributed by atoms with van der Waals surface area (Å²) in [6.45, 7) is 0. The Morgan fingerprint density at radius 3 is 2.62 bits per heavy atom. The maximum atomic E-state index is 9.11. The van der Waals surface area contributed by atoms with Gasteiger partial charge in [-0.05, 0) is 18.4 Å². The van der Waals surface area contributed by atoms with Gasteiger partial charge in [0.1, 0.15) is 12.1 Å². The van der Waals surface area contributed by atoms with Crippen LogP contribution in [0.1, 0.15) is 11.1 Å². The molecule has 0 radical (unpaired) electrons. The molecule has 3 nitrogen and oxygen atoms in total. The van der Waals surface area contributed by atoms with Gasteiger partial charge in [-0.1, -0.05) is 0 Å². The molecule has 0 saturated heterocycles. The van der Waals surface area contributed by atoms with Crippen molar-refractivity contribution in [1.82, 2.24) is 4.57 Å². The molecule has 78 valence electrons. The van der Waals surface area contributed by atoms with Crippen molar-refractivity contribution in [2.24, 2.45) is 7.05 Å². The monoisotopic (exact) mass is 227 g/mol. The van der Waals surface area contributed by atoms with Crippen molar-refractivity contribution >= 4 is 22.7 Å². The molecule has 2 rings (SSSR count). The highest BCUT2D eigenvalue weighted by Gasteiger charge is 2.14. The molecule has 0 unspecified atom stereocenters. The Hall–Kier alpha value is -1.91. The molecule has 0 N–H and O–H groups in total. The van der Waals surface area contributed by atoms with Gasteiger partial charge in [0.05, 0.1) is 16.6 Å². The first kappa shape index (κ1) is 10.6. The third kappa shape index (κ3) is 1.36. The van der Waals surface area contributed by atoms with E-state index >= 15 is 0 Å². The smallest absolute Gasteiger partial charge is 0.102 e. The molecule has 4 heteroatoms. The van der Waals surface area contributed by atoms with Gasteiger partial charge in [0.15, 0.2) is 0 Å². The average molecular weight is 227 g/mol. The molecule has 0 fully saturated rings. The predicted molar refractivity (Wildman–Crippen MR) is 64.1 cm³/mol. The molecule has 0 amide bonds. The van der Waals surface area contributed by atoms with Crippen LogP contribution in [-0.4, -0.2) is 10.8 Å². The third-order valence-electron chi connectivity index (χ3n) is 2.58. The van der Waals surface area contributed by atoms with Crippen LogP contribution >= 0.6 is 11.8 Å². The van der Waals surface area contributed by atoms with Gasteiger partial charge in [-0.3, -0.25) is 0 Å². The van der Waals surface area contributed by atoms with Gasteiger partial charge >= 0.3 is 0 Å². The minimum absolute atomic E-state index is 0.446. The number of hydrogen-bond acceptors (Lipinski definition) is 3. The van der Waals surface area contributed by atoms with Crippen molar-refractivity contribution < 1.29 is 0 Å². The topological polar surface area (TPSA) is 52.5 Å². The van der Waals surface area contributed by atoms with Crippen LogP contribution in [0.2, 0.25) is 0 Å². The first-order valence-corrected chi connectivity index (χ1v) is 5.91. The molecule has 0 saturated carbocycles. The number of fused-ring (bicyclic) bond motifs is 1. The summed E-state index contributed by atoms with van der Waals surface area (Å²) in [6.07, 6.45) is 3.86. The van der Waals surface area contributed by atoms with Crippen LogP contribution < -0.4 is 0 Å². The molecule has 2 aromatic rings. The van der Waals surface area contributed by atoms with Gasteiger partial charge in [-0.2, -0.15) is 10.5 Å². The molecule has 0 bridgehead atoms. The van der Waals surface area contributed by atoms with Crippen molar-refractivity contribution in [1.29, 1.82) is 10.5 Å². The fourth-order valence-corrected chi connectivity index (χ4v) is 2.54. The van der Waals surface area contributed by atoms with Gasteiger partial charge in [0.25, 0.3) is 0 Å². The number of benzene rings is 1. The maximum Gasteiger partial charge on any atom is 0.102 e. The summed E-state index contributed by atoms with van der Waals surface area (Å²) < 4.78 is 1.96. The van der Waals surface area contributed by atoms with Gasteiger partial charge < -0.3 is 4.57 Å². The summed E-state index contributed by atoms with van der Waals surface area (Å²) >= 11 is 1.51. The summed E-state index contributed by atoms with van der Waals surface area (Å²) in [7, 11) is 1.93. The summed E-state index contributed by atoms with van der Waals surface area (Å²) in [6, 6.07) is 7.94. The highest BCUT2D eigenvalue weighted by molar-refractivity contribution is 7.98. The Kier molecular flexibility index (Phi) is 2.60. The Balaban J connectivity index is 2.98. The Morgan fingerprint density at radius 1 is 1.31 bits per heavy atom. The Labute approximate surface area is 97.9 Å². The van der Waals surface area contributed by atoms with Gasteiger partial charge in [0.2, 0.25) is 0 Å². The van der Waals surface area contributed by atoms with E-state index in [-0.39, 0.29) is 0 Å². The van der Waals surface area contributed by atoms with Crippen LogP contribution in [0.4, 0.5) is 0 Å². The fourth-order valence-electron chi connectivity index (χ4n) is 1.79. The van der Waals surface area contributed by atoms with Crippen LogP contribution in [-0.2, 0) is 7.05 Å². The first-order chi connectivity index (χ1) is 7.72. The van der Waals surface area contributed by atoms with Crippen LogP contribution in [0, 0.1) is 22.7 Å². The van der Waals surface area contributed by atoms with E-state index in [1.165, 1.54) is 11.8 Å². The molecule has 0 atom stereocenters. The van der Waals surface area contributed by atoms with Gasteiger partial charge in [-0.15, -0.1) is 11.8 Å². The van der Waals surface area contributed by atoms with Crippen LogP contribution in [0.25, 0.3) is 10.9 Å². The molecular weight excluding hydrogens is 218 g/mol. The highest BCUT2D eigenvalue weighted by atomic mass is 32.2. The molecular formula is C12H9N3S. The molecule has 0 spiro atoms. The second kappa shape index (κ2) is 3.92. The van der Waals surface area contributed by atoms with E-state index in [4.69, 9.17) is 10.5 Å². The molecule has 0 aliphatic rings. The minimum Gasteiger partial charge on any atom is -0.350 e. The van der Waals surface area contributed by atoms with Crippen molar-refractivity contribution in [3.05, 3.63) is 29.5 Å². The van der Waals surface area contributed by atoms with E-state index in [0.717, 1.165) is 15.8 Å². The zero-order chi connectivity index (χ0) is 11.7. The van der Waals surface area contributed by atoms with E-state index in [9.17, 15) is 0 Å². The third-order valence-corrected chi connectivity index (χ3v) is 3.41. The lowest BCUT2D eigenvalue weighted by Gasteiger charge is -2.05. The van der Waals surface area contributed by atoms with Crippen LogP contribution in [0.3, 0.4) is 0 Å². The zero-order valence-electron chi connectivity index (χ0n) is 8.98. The number of rotatable bonds is 1. The molecule has 1 heterocycles. The van der Waals surface area contributed by atoms with Crippen molar-refractivity contribution in [2.75, 3.05) is 6.26 Å². The first-order valence-electron chi connectivity index (χ1n) is 4.69. The number of aromatic nitrogens is 1. The number of hydrogen-bond donors (Lipinski definition) is 0. The quantitative estimate of drug-likeness (QED) is 0.704. The molecule has 0 aliphatic heterocycles. The summed E-state index contributed by atoms with van der Waals surface area (Å²) in [5.74, 6) is 0. The van der Waals surface area contributed by atoms with Gasteiger partial charge in [-0.25, -0.2) is 0 Å². The van der Waals surface area contributed by atoms with Crippen molar-refractivity contribution in [3.63, 3.8) is 0 Å². The molecule has 1 aromatic carbocycles. The van der Waals surface area contributed by atoms with Crippen LogP contribution in [0.5, 0.6) is 0 Å². The lowest BCUT2D eigenvalue weighted by atomic mass is 10.1. The molecule has 1 aromatic heterocycles. The number of nitriles is 2. The lowest BCUT2D eigenvalue weighted by Crippen LogP contribution is -1.91. The second-order valence-electron chi connectivity index (χ2n) is 3.42. The Morgan fingerprint density at radius 2 is 2.06 bits per heavy atom. The molecule has 16 heavy (non-hydrogen) atoms. The summed E-state index contributed by atoms with van der Waals surface area (Å²) in [4.78, 5) is 0.886. The largest absolute Gasteiger partial charge is 0.350 e. The second-order valence-corrected chi connectivity index (χ2v) is 4.23. The predicted octanol–water partition coefficient (Wildman–Crippen LogP) is 2.64. The number of thioether (sulfide) groups is 1. The number of nitrogens with zero attached hydrogens (tertiary/aromatic N) is 3. The molecule has 0 aliphatic carbocycles. The average Bonchev–Trinajstić information content (AvgIpc) is 2.68. The Bertz CT molecular complexity index is 641. The van der Waals surface area contributed by atoms with E-state index in [2.05, 4.69) is 12.1 Å². The summed E-state index contributed by atoms with van der Waals surface area (Å²) in [5, 5.41) is 19.2. The number of aryl methyl sites for hydroxylation is 1. The SMILES string of the molecule is CSc1c(C#N)c(C#N)cc2c1ccn2C. The van der Waals surface area contributed by atoms with E-state index in [1.54, 1.807) is 6.07 Å². The minimum atomic E-state index is 0.446. The van der Waals surface area contributed by atoms with E-state index in [1.807, 2.05) is 30.1 Å². The van der Waals surface area contributed by atoms with E-state index < -0.39 is 0 Å². The summed E-state index contributed by atoms with van der Waals surface area (Å²) in [5.41, 5.74) is 1.91. The van der Waals surface area contributed by atoms with Crippen molar-refractivity contribution in [2.45, 2.75) is 4.90 Å². The highest BCUT2D eigenvalue weighted by Crippen LogP contribution is 2.32. The lowest BCUT2D eigenvalue weighted by molar-refractivity contribution is 0.968.